The van der Waals surface area contributed by atoms with Crippen molar-refractivity contribution in [2.24, 2.45) is 0 Å². The number of thioether (sulfide) groups is 1. The van der Waals surface area contributed by atoms with Gasteiger partial charge in [0.1, 0.15) is 0 Å². The maximum atomic E-state index is 11.8. The van der Waals surface area contributed by atoms with E-state index in [0.717, 1.165) is 17.7 Å². The highest BCUT2D eigenvalue weighted by Gasteiger charge is 2.13. The average Bonchev–Trinajstić information content (AvgIpc) is 2.37. The van der Waals surface area contributed by atoms with Gasteiger partial charge in [0.2, 0.25) is 5.78 Å². The Morgan fingerprint density at radius 1 is 1.47 bits per heavy atom. The highest BCUT2D eigenvalue weighted by molar-refractivity contribution is 8.00. The topological polar surface area (TPSA) is 26.3 Å². The van der Waals surface area contributed by atoms with E-state index in [1.165, 1.54) is 5.56 Å². The van der Waals surface area contributed by atoms with Crippen LogP contribution in [-0.4, -0.2) is 18.1 Å². The number of carbonyl (C=O) groups excluding carboxylic acids is 1. The summed E-state index contributed by atoms with van der Waals surface area (Å²) in [5.41, 5.74) is 1.22. The van der Waals surface area contributed by atoms with Crippen LogP contribution in [0.3, 0.4) is 0 Å². The van der Waals surface area contributed by atoms with Gasteiger partial charge in [-0.3, -0.25) is 4.79 Å². The van der Waals surface area contributed by atoms with Crippen molar-refractivity contribution in [2.75, 3.05) is 12.4 Å². The minimum atomic E-state index is 0.0937. The molecule has 0 bridgehead atoms. The number of Topliss-reactive ketones (excluding diaryl/α,β-unsaturated/α-hetero) is 1. The molecule has 0 N–H and O–H groups in total. The van der Waals surface area contributed by atoms with E-state index in [2.05, 4.69) is 19.1 Å². The van der Waals surface area contributed by atoms with Crippen LogP contribution in [0.25, 0.3) is 0 Å². The van der Waals surface area contributed by atoms with E-state index in [0.29, 0.717) is 18.1 Å². The number of aryl methyl sites for hydroxylation is 1. The molecule has 90 valence electrons. The number of rotatable bonds is 4. The standard InChI is InChI=1S/C14H16O2S/c1-11-5-4-6-12(9-11)17-10-13(15)14-7-2-3-8-16-14/h4-7,9H,2-3,8,10H2,1H3. The lowest BCUT2D eigenvalue weighted by molar-refractivity contribution is -0.116. The smallest absolute Gasteiger partial charge is 0.207 e. The van der Waals surface area contributed by atoms with Gasteiger partial charge in [-0.2, -0.15) is 0 Å². The maximum Gasteiger partial charge on any atom is 0.207 e. The molecule has 0 aliphatic carbocycles. The average molecular weight is 248 g/mol. The van der Waals surface area contributed by atoms with Crippen molar-refractivity contribution >= 4 is 17.5 Å². The summed E-state index contributed by atoms with van der Waals surface area (Å²) in [6.45, 7) is 2.73. The Bertz CT molecular complexity index is 438. The van der Waals surface area contributed by atoms with Crippen LogP contribution in [-0.2, 0) is 9.53 Å². The molecule has 0 atom stereocenters. The Labute approximate surface area is 106 Å². The third kappa shape index (κ3) is 3.63. The molecule has 0 fully saturated rings. The Kier molecular flexibility index (Phi) is 4.26. The van der Waals surface area contributed by atoms with Crippen molar-refractivity contribution in [3.63, 3.8) is 0 Å². The summed E-state index contributed by atoms with van der Waals surface area (Å²) < 4.78 is 5.35. The summed E-state index contributed by atoms with van der Waals surface area (Å²) in [7, 11) is 0. The lowest BCUT2D eigenvalue weighted by Gasteiger charge is -2.13. The highest BCUT2D eigenvalue weighted by Crippen LogP contribution is 2.21. The molecule has 2 rings (SSSR count). The second-order valence-electron chi connectivity index (χ2n) is 4.09. The third-order valence-electron chi connectivity index (χ3n) is 2.57. The summed E-state index contributed by atoms with van der Waals surface area (Å²) >= 11 is 1.57. The van der Waals surface area contributed by atoms with Gasteiger partial charge in [-0.05, 0) is 38.0 Å². The molecule has 1 aromatic rings. The quantitative estimate of drug-likeness (QED) is 0.764. The first-order valence-electron chi connectivity index (χ1n) is 5.81. The van der Waals surface area contributed by atoms with Crippen molar-refractivity contribution in [1.82, 2.24) is 0 Å². The van der Waals surface area contributed by atoms with Crippen LogP contribution in [0.5, 0.6) is 0 Å². The zero-order valence-corrected chi connectivity index (χ0v) is 10.8. The molecule has 0 unspecified atom stereocenters. The number of benzene rings is 1. The van der Waals surface area contributed by atoms with Gasteiger partial charge in [0.25, 0.3) is 0 Å². The first-order valence-corrected chi connectivity index (χ1v) is 6.80. The van der Waals surface area contributed by atoms with Crippen molar-refractivity contribution in [3.05, 3.63) is 41.7 Å². The van der Waals surface area contributed by atoms with E-state index in [9.17, 15) is 4.79 Å². The van der Waals surface area contributed by atoms with Crippen LogP contribution >= 0.6 is 11.8 Å². The molecule has 0 saturated heterocycles. The van der Waals surface area contributed by atoms with E-state index >= 15 is 0 Å². The fraction of sp³-hybridized carbons (Fsp3) is 0.357. The predicted molar refractivity (Wildman–Crippen MR) is 70.2 cm³/mol. The summed E-state index contributed by atoms with van der Waals surface area (Å²) in [6.07, 6.45) is 3.88. The molecule has 2 nitrogen and oxygen atoms in total. The third-order valence-corrected chi connectivity index (χ3v) is 3.56. The van der Waals surface area contributed by atoms with Gasteiger partial charge < -0.3 is 4.74 Å². The van der Waals surface area contributed by atoms with Crippen molar-refractivity contribution in [3.8, 4) is 0 Å². The van der Waals surface area contributed by atoms with Crippen LogP contribution in [0, 0.1) is 6.92 Å². The van der Waals surface area contributed by atoms with Gasteiger partial charge in [-0.15, -0.1) is 11.8 Å². The van der Waals surface area contributed by atoms with Crippen LogP contribution in [0.4, 0.5) is 0 Å². The normalized spacial score (nSPS) is 15.0. The van der Waals surface area contributed by atoms with Gasteiger partial charge >= 0.3 is 0 Å². The zero-order chi connectivity index (χ0) is 12.1. The zero-order valence-electron chi connectivity index (χ0n) is 9.94. The molecule has 0 radical (unpaired) electrons. The number of ether oxygens (including phenoxy) is 1. The van der Waals surface area contributed by atoms with E-state index in [1.807, 2.05) is 18.2 Å². The van der Waals surface area contributed by atoms with Gasteiger partial charge in [-0.25, -0.2) is 0 Å². The van der Waals surface area contributed by atoms with Gasteiger partial charge in [0.15, 0.2) is 5.76 Å². The molecule has 1 aromatic carbocycles. The predicted octanol–water partition coefficient (Wildman–Crippen LogP) is 3.35. The van der Waals surface area contributed by atoms with Crippen LogP contribution in [0.15, 0.2) is 41.0 Å². The molecule has 0 amide bonds. The van der Waals surface area contributed by atoms with Crippen LogP contribution in [0.1, 0.15) is 18.4 Å². The van der Waals surface area contributed by atoms with Gasteiger partial charge in [-0.1, -0.05) is 17.7 Å². The van der Waals surface area contributed by atoms with E-state index < -0.39 is 0 Å². The van der Waals surface area contributed by atoms with Crippen LogP contribution < -0.4 is 0 Å². The van der Waals surface area contributed by atoms with Gasteiger partial charge in [0, 0.05) is 4.90 Å². The lowest BCUT2D eigenvalue weighted by Crippen LogP contribution is -2.12. The minimum Gasteiger partial charge on any atom is -0.490 e. The molecule has 0 saturated carbocycles. The van der Waals surface area contributed by atoms with Crippen molar-refractivity contribution in [1.29, 1.82) is 0 Å². The number of hydrogen-bond acceptors (Lipinski definition) is 3. The Hall–Kier alpha value is -1.22. The SMILES string of the molecule is Cc1cccc(SCC(=O)C2=CCCCO2)c1. The number of ketones is 1. The summed E-state index contributed by atoms with van der Waals surface area (Å²) in [6, 6.07) is 8.19. The summed E-state index contributed by atoms with van der Waals surface area (Å²) in [5, 5.41) is 0. The Morgan fingerprint density at radius 2 is 2.35 bits per heavy atom. The molecule has 1 aliphatic rings. The molecular weight excluding hydrogens is 232 g/mol. The number of allylic oxidation sites excluding steroid dienone is 2. The van der Waals surface area contributed by atoms with Crippen LogP contribution in [0.2, 0.25) is 0 Å². The fourth-order valence-corrected chi connectivity index (χ4v) is 2.56. The van der Waals surface area contributed by atoms with E-state index in [4.69, 9.17) is 4.74 Å². The number of hydrogen-bond donors (Lipinski definition) is 0. The first kappa shape index (κ1) is 12.2. The van der Waals surface area contributed by atoms with Gasteiger partial charge in [0.05, 0.1) is 12.4 Å². The van der Waals surface area contributed by atoms with E-state index in [-0.39, 0.29) is 5.78 Å². The summed E-state index contributed by atoms with van der Waals surface area (Å²) in [5.74, 6) is 1.10. The molecule has 3 heteroatoms. The monoisotopic (exact) mass is 248 g/mol. The lowest BCUT2D eigenvalue weighted by atomic mass is 10.2. The Morgan fingerprint density at radius 3 is 3.06 bits per heavy atom. The maximum absolute atomic E-state index is 11.8. The molecule has 0 spiro atoms. The van der Waals surface area contributed by atoms with E-state index in [1.54, 1.807) is 11.8 Å². The molecule has 17 heavy (non-hydrogen) atoms. The molecule has 1 aliphatic heterocycles. The minimum absolute atomic E-state index is 0.0937. The first-order chi connectivity index (χ1) is 8.25. The number of carbonyl (C=O) groups is 1. The molecule has 1 heterocycles. The highest BCUT2D eigenvalue weighted by atomic mass is 32.2. The molecular formula is C14H16O2S. The largest absolute Gasteiger partial charge is 0.490 e. The molecule has 0 aromatic heterocycles. The second kappa shape index (κ2) is 5.92. The van der Waals surface area contributed by atoms with Crippen molar-refractivity contribution < 1.29 is 9.53 Å². The fourth-order valence-electron chi connectivity index (χ4n) is 1.68. The summed E-state index contributed by atoms with van der Waals surface area (Å²) in [4.78, 5) is 13.0. The Balaban J connectivity index is 1.89. The van der Waals surface area contributed by atoms with Crippen molar-refractivity contribution in [2.45, 2.75) is 24.7 Å². The second-order valence-corrected chi connectivity index (χ2v) is 5.14.